The number of thiol groups is 1. The van der Waals surface area contributed by atoms with Crippen molar-refractivity contribution in [2.75, 3.05) is 20.5 Å². The van der Waals surface area contributed by atoms with Crippen molar-refractivity contribution in [1.82, 2.24) is 19.9 Å². The quantitative estimate of drug-likeness (QED) is 0.676. The summed E-state index contributed by atoms with van der Waals surface area (Å²) in [6.07, 6.45) is 3.45. The predicted octanol–water partition coefficient (Wildman–Crippen LogP) is 2.19. The molecule has 3 aromatic rings. The predicted molar refractivity (Wildman–Crippen MR) is 98.1 cm³/mol. The number of rotatable bonds is 5. The molecule has 0 fully saturated rings. The van der Waals surface area contributed by atoms with E-state index in [1.54, 1.807) is 32.7 Å². The minimum atomic E-state index is -2.80. The van der Waals surface area contributed by atoms with Crippen LogP contribution >= 0.6 is 0 Å². The molecule has 0 radical (unpaired) electrons. The molecule has 0 aliphatic carbocycles. The van der Waals surface area contributed by atoms with Crippen molar-refractivity contribution in [3.63, 3.8) is 0 Å². The van der Waals surface area contributed by atoms with E-state index >= 15 is 0 Å². The van der Waals surface area contributed by atoms with Crippen molar-refractivity contribution in [2.45, 2.75) is 24.8 Å². The molecule has 0 unspecified atom stereocenters. The normalized spacial score (nSPS) is 12.4. The van der Waals surface area contributed by atoms with Crippen LogP contribution in [-0.4, -0.2) is 44.6 Å². The number of aryl methyl sites for hydroxylation is 1. The van der Waals surface area contributed by atoms with Crippen LogP contribution in [0.3, 0.4) is 0 Å². The fourth-order valence-corrected chi connectivity index (χ4v) is 4.49. The highest BCUT2D eigenvalue weighted by Gasteiger charge is 2.21. The summed E-state index contributed by atoms with van der Waals surface area (Å²) in [6, 6.07) is 3.55. The summed E-state index contributed by atoms with van der Waals surface area (Å²) < 4.78 is 23.9. The zero-order valence-electron chi connectivity index (χ0n) is 15.0. The minimum Gasteiger partial charge on any atom is -0.496 e. The van der Waals surface area contributed by atoms with E-state index in [2.05, 4.69) is 19.9 Å². The molecule has 0 aromatic carbocycles. The highest BCUT2D eigenvalue weighted by molar-refractivity contribution is 8.01. The fourth-order valence-electron chi connectivity index (χ4n) is 2.79. The molecule has 25 heavy (non-hydrogen) atoms. The average molecular weight is 362 g/mol. The Labute approximate surface area is 147 Å². The van der Waals surface area contributed by atoms with Gasteiger partial charge in [0.15, 0.2) is 10.8 Å². The molecular weight excluding hydrogens is 340 g/mol. The van der Waals surface area contributed by atoms with Gasteiger partial charge in [0.1, 0.15) is 5.75 Å². The van der Waals surface area contributed by atoms with Gasteiger partial charge in [0.05, 0.1) is 31.2 Å². The Kier molecular flexibility index (Phi) is 4.47. The smallest absolute Gasteiger partial charge is 0.215 e. The number of aromatic amines is 1. The van der Waals surface area contributed by atoms with E-state index in [9.17, 15) is 4.21 Å². The summed E-state index contributed by atoms with van der Waals surface area (Å²) in [6.45, 7) is 3.87. The van der Waals surface area contributed by atoms with Crippen molar-refractivity contribution in [1.29, 1.82) is 0 Å². The molecule has 1 N–H and O–H groups in total. The van der Waals surface area contributed by atoms with E-state index in [-0.39, 0.29) is 0 Å². The number of pyridine rings is 2. The lowest BCUT2D eigenvalue weighted by molar-refractivity contribution is 0.399. The van der Waals surface area contributed by atoms with E-state index in [1.165, 1.54) is 0 Å². The van der Waals surface area contributed by atoms with Gasteiger partial charge in [-0.15, -0.1) is 0 Å². The van der Waals surface area contributed by atoms with Gasteiger partial charge in [-0.25, -0.2) is 4.98 Å². The summed E-state index contributed by atoms with van der Waals surface area (Å²) in [7, 11) is 0.374. The number of aromatic nitrogens is 4. The third-order valence-electron chi connectivity index (χ3n) is 4.17. The zero-order chi connectivity index (χ0) is 18.2. The van der Waals surface area contributed by atoms with Crippen LogP contribution in [0.1, 0.15) is 16.8 Å². The molecule has 3 aromatic heterocycles. The molecule has 0 aliphatic rings. The van der Waals surface area contributed by atoms with Gasteiger partial charge in [-0.1, -0.05) is 0 Å². The topological polar surface area (TPSA) is 90.0 Å². The first-order valence-corrected chi connectivity index (χ1v) is 10.2. The summed E-state index contributed by atoms with van der Waals surface area (Å²) >= 11 is 0. The monoisotopic (exact) mass is 362 g/mol. The Balaban J connectivity index is 1.98. The van der Waals surface area contributed by atoms with Gasteiger partial charge < -0.3 is 14.5 Å². The van der Waals surface area contributed by atoms with Crippen LogP contribution in [-0.2, 0) is 15.7 Å². The number of nitrogens with zero attached hydrogens (tertiary/aromatic N) is 3. The van der Waals surface area contributed by atoms with Gasteiger partial charge in [0, 0.05) is 23.4 Å². The number of imidazole rings is 1. The maximum absolute atomic E-state index is 13.3. The summed E-state index contributed by atoms with van der Waals surface area (Å²) in [5, 5.41) is 0.434. The van der Waals surface area contributed by atoms with Crippen molar-refractivity contribution >= 4 is 21.1 Å². The highest BCUT2D eigenvalue weighted by atomic mass is 32.2. The standard InChI is InChI=1S/C17H22N4O3S/c1-10-8-18-13(11(2)15(10)24-4)9-25(5,22)17-19-12-6-7-14(23-3)20-16(12)21-17/h6-8,25H,9H2,1-5H3,(H,19,20,21). The summed E-state index contributed by atoms with van der Waals surface area (Å²) in [4.78, 5) is 16.2. The molecule has 134 valence electrons. The third-order valence-corrected chi connectivity index (χ3v) is 6.18. The largest absolute Gasteiger partial charge is 0.496 e. The molecule has 0 atom stereocenters. The first-order chi connectivity index (χ1) is 11.9. The molecule has 0 saturated heterocycles. The number of hydrogen-bond acceptors (Lipinski definition) is 6. The number of H-pyrrole nitrogens is 1. The lowest BCUT2D eigenvalue weighted by Crippen LogP contribution is -2.17. The van der Waals surface area contributed by atoms with Crippen LogP contribution in [0.25, 0.3) is 11.2 Å². The van der Waals surface area contributed by atoms with Crippen molar-refractivity contribution in [3.05, 3.63) is 35.2 Å². The minimum absolute atomic E-state index is 0.298. The van der Waals surface area contributed by atoms with Crippen molar-refractivity contribution in [3.8, 4) is 11.6 Å². The van der Waals surface area contributed by atoms with E-state index in [0.717, 1.165) is 28.1 Å². The molecule has 0 bridgehead atoms. The van der Waals surface area contributed by atoms with Crippen LogP contribution < -0.4 is 9.47 Å². The number of methoxy groups -OCH3 is 2. The van der Waals surface area contributed by atoms with E-state index in [0.29, 0.717) is 22.4 Å². The molecule has 3 heterocycles. The maximum atomic E-state index is 13.3. The lowest BCUT2D eigenvalue weighted by Gasteiger charge is -2.18. The fraction of sp³-hybridized carbons (Fsp3) is 0.353. The van der Waals surface area contributed by atoms with Crippen LogP contribution in [0.4, 0.5) is 0 Å². The molecular formula is C17H22N4O3S. The van der Waals surface area contributed by atoms with Crippen molar-refractivity contribution in [2.24, 2.45) is 0 Å². The van der Waals surface area contributed by atoms with Gasteiger partial charge >= 0.3 is 0 Å². The first kappa shape index (κ1) is 17.3. The second-order valence-corrected chi connectivity index (χ2v) is 9.03. The van der Waals surface area contributed by atoms with Crippen LogP contribution in [0.2, 0.25) is 0 Å². The molecule has 3 rings (SSSR count). The zero-order valence-corrected chi connectivity index (χ0v) is 15.8. The van der Waals surface area contributed by atoms with E-state index < -0.39 is 9.93 Å². The second-order valence-electron chi connectivity index (χ2n) is 6.09. The van der Waals surface area contributed by atoms with E-state index in [1.807, 2.05) is 19.9 Å². The number of fused-ring (bicyclic) bond motifs is 1. The van der Waals surface area contributed by atoms with Gasteiger partial charge in [0.2, 0.25) is 5.88 Å². The van der Waals surface area contributed by atoms with E-state index in [4.69, 9.17) is 9.47 Å². The van der Waals surface area contributed by atoms with Crippen LogP contribution in [0, 0.1) is 13.8 Å². The van der Waals surface area contributed by atoms with Gasteiger partial charge in [-0.2, -0.15) is 4.98 Å². The number of hydrogen-bond donors (Lipinski definition) is 2. The molecule has 0 amide bonds. The Morgan fingerprint density at radius 2 is 1.92 bits per heavy atom. The number of ether oxygens (including phenoxy) is 2. The average Bonchev–Trinajstić information content (AvgIpc) is 3.02. The number of nitrogens with one attached hydrogen (secondary N) is 1. The maximum Gasteiger partial charge on any atom is 0.215 e. The SMILES string of the molecule is COc1ccc2[nH]c([SH](C)(=O)Cc3ncc(C)c(OC)c3C)nc2n1. The lowest BCUT2D eigenvalue weighted by atomic mass is 10.1. The molecule has 0 aliphatic heterocycles. The van der Waals surface area contributed by atoms with Crippen molar-refractivity contribution < 1.29 is 13.7 Å². The molecule has 7 nitrogen and oxygen atoms in total. The van der Waals surface area contributed by atoms with Gasteiger partial charge in [-0.3, -0.25) is 9.19 Å². The Hall–Kier alpha value is -2.48. The summed E-state index contributed by atoms with van der Waals surface area (Å²) in [5.41, 5.74) is 3.82. The Morgan fingerprint density at radius 1 is 1.16 bits per heavy atom. The molecule has 0 saturated carbocycles. The Bertz CT molecular complexity index is 983. The first-order valence-electron chi connectivity index (χ1n) is 7.82. The molecule has 8 heteroatoms. The van der Waals surface area contributed by atoms with Gasteiger partial charge in [-0.05, 0) is 36.1 Å². The highest BCUT2D eigenvalue weighted by Crippen LogP contribution is 2.28. The third kappa shape index (κ3) is 3.21. The van der Waals surface area contributed by atoms with Gasteiger partial charge in [0.25, 0.3) is 0 Å². The second kappa shape index (κ2) is 6.44. The van der Waals surface area contributed by atoms with Crippen LogP contribution in [0.15, 0.2) is 23.5 Å². The molecule has 0 spiro atoms. The Morgan fingerprint density at radius 3 is 2.60 bits per heavy atom. The van der Waals surface area contributed by atoms with Crippen LogP contribution in [0.5, 0.6) is 11.6 Å². The summed E-state index contributed by atoms with van der Waals surface area (Å²) in [5.74, 6) is 1.55.